The zero-order chi connectivity index (χ0) is 15.5. The van der Waals surface area contributed by atoms with E-state index in [1.807, 2.05) is 0 Å². The fraction of sp³-hybridized carbons (Fsp3) is 0. The third-order valence-corrected chi connectivity index (χ3v) is 1.76. The first-order valence-electron chi connectivity index (χ1n) is 5.26. The van der Waals surface area contributed by atoms with Crippen molar-refractivity contribution in [2.45, 2.75) is 0 Å². The summed E-state index contributed by atoms with van der Waals surface area (Å²) in [7, 11) is -2.92. The smallest absolute Gasteiger partial charge is 0.907 e. The van der Waals surface area contributed by atoms with Crippen molar-refractivity contribution in [3.63, 3.8) is 0 Å². The molecule has 0 spiro atoms. The van der Waals surface area contributed by atoms with Gasteiger partial charge < -0.3 is 35.5 Å². The molecule has 0 aliphatic heterocycles. The van der Waals surface area contributed by atoms with Crippen LogP contribution in [0.1, 0.15) is 0 Å². The molecule has 0 unspecified atom stereocenters. The summed E-state index contributed by atoms with van der Waals surface area (Å²) in [6, 6.07) is 12.3. The van der Waals surface area contributed by atoms with Crippen LogP contribution in [0.25, 0.3) is 0 Å². The van der Waals surface area contributed by atoms with E-state index in [4.69, 9.17) is 35.5 Å². The van der Waals surface area contributed by atoms with Crippen molar-refractivity contribution in [3.05, 3.63) is 48.5 Å². The Bertz CT molecular complexity index is 429. The molecule has 0 atom stereocenters. The van der Waals surface area contributed by atoms with Gasteiger partial charge in [-0.3, -0.25) is 7.32 Å². The van der Waals surface area contributed by atoms with Crippen LogP contribution in [-0.2, 0) is 0 Å². The second kappa shape index (κ2) is 17.7. The van der Waals surface area contributed by atoms with Crippen LogP contribution >= 0.6 is 0 Å². The van der Waals surface area contributed by atoms with Crippen LogP contribution in [-0.4, -0.2) is 27.7 Å². The Morgan fingerprint density at radius 2 is 0.652 bits per heavy atom. The summed E-state index contributed by atoms with van der Waals surface area (Å²) in [5, 5.41) is 59.9. The summed E-state index contributed by atoms with van der Waals surface area (Å²) in [6.45, 7) is 0. The molecule has 0 aromatic heterocycles. The Hall–Kier alpha value is -0.623. The predicted octanol–water partition coefficient (Wildman–Crippen LogP) is -10.7. The van der Waals surface area contributed by atoms with E-state index in [1.165, 1.54) is 24.3 Å². The molecule has 0 heterocycles. The third kappa shape index (κ3) is 17.6. The van der Waals surface area contributed by atoms with Crippen molar-refractivity contribution < 1.29 is 92.1 Å². The normalized spacial score (nSPS) is 7.43. The summed E-state index contributed by atoms with van der Waals surface area (Å²) in [4.78, 5) is 0. The van der Waals surface area contributed by atoms with Gasteiger partial charge in [-0.25, -0.2) is 0 Å². The fourth-order valence-electron chi connectivity index (χ4n) is 0.928. The molecule has 2 rings (SSSR count). The van der Waals surface area contributed by atoms with Crippen LogP contribution in [0, 0.1) is 0 Å². The van der Waals surface area contributed by atoms with Crippen LogP contribution < -0.4 is 71.7 Å². The van der Waals surface area contributed by atoms with Crippen LogP contribution in [0.2, 0.25) is 0 Å². The molecule has 108 valence electrons. The van der Waals surface area contributed by atoms with Gasteiger partial charge in [0.2, 0.25) is 0 Å². The zero-order valence-electron chi connectivity index (χ0n) is 13.2. The van der Waals surface area contributed by atoms with E-state index >= 15 is 0 Å². The second-order valence-corrected chi connectivity index (χ2v) is 3.27. The van der Waals surface area contributed by atoms with Crippen molar-refractivity contribution in [1.82, 2.24) is 0 Å². The van der Waals surface area contributed by atoms with Gasteiger partial charge >= 0.3 is 56.6 Å². The maximum Gasteiger partial charge on any atom is 1.00 e. The number of phenols is 4. The third-order valence-electron chi connectivity index (χ3n) is 1.76. The standard InChI is InChI=1S/2C6H6O2.BO3.3Li/c2*7-5-3-1-2-4-6(5)8;2-1(3)4;;;/h2*1-4,7-8H;;;;/q;;-3;3*+1. The molecule has 7 nitrogen and oxygen atoms in total. The van der Waals surface area contributed by atoms with Crippen LogP contribution in [0.5, 0.6) is 23.0 Å². The Morgan fingerprint density at radius 3 is 0.739 bits per heavy atom. The first kappa shape index (κ1) is 30.3. The summed E-state index contributed by atoms with van der Waals surface area (Å²) in [5.74, 6) is -0.306. The minimum Gasteiger partial charge on any atom is -0.907 e. The molecule has 23 heavy (non-hydrogen) atoms. The van der Waals surface area contributed by atoms with Crippen LogP contribution in [0.15, 0.2) is 48.5 Å². The largest absolute Gasteiger partial charge is 1.00 e. The van der Waals surface area contributed by atoms with Gasteiger partial charge in [0.05, 0.1) is 0 Å². The second-order valence-electron chi connectivity index (χ2n) is 3.27. The van der Waals surface area contributed by atoms with E-state index in [2.05, 4.69) is 0 Å². The van der Waals surface area contributed by atoms with Crippen molar-refractivity contribution in [3.8, 4) is 23.0 Å². The summed E-state index contributed by atoms with van der Waals surface area (Å²) in [5.41, 5.74) is 0. The average Bonchev–Trinajstić information content (AvgIpc) is 2.37. The Balaban J connectivity index is -0.000000116. The van der Waals surface area contributed by atoms with Gasteiger partial charge in [0.15, 0.2) is 23.0 Å². The summed E-state index contributed by atoms with van der Waals surface area (Å²) < 4.78 is 0. The van der Waals surface area contributed by atoms with Gasteiger partial charge in [-0.05, 0) is 24.3 Å². The molecule has 0 bridgehead atoms. The van der Waals surface area contributed by atoms with E-state index in [1.54, 1.807) is 24.3 Å². The minimum absolute atomic E-state index is 0. The number of para-hydroxylation sites is 4. The fourth-order valence-corrected chi connectivity index (χ4v) is 0.928. The van der Waals surface area contributed by atoms with Crippen molar-refractivity contribution >= 4 is 7.32 Å². The molecule has 0 saturated heterocycles. The molecular formula is C12H12BLi3O7. The predicted molar refractivity (Wildman–Crippen MR) is 65.3 cm³/mol. The average molecular weight is 300 g/mol. The van der Waals surface area contributed by atoms with Gasteiger partial charge in [-0.2, -0.15) is 0 Å². The van der Waals surface area contributed by atoms with E-state index in [-0.39, 0.29) is 79.6 Å². The van der Waals surface area contributed by atoms with Crippen molar-refractivity contribution in [2.24, 2.45) is 0 Å². The van der Waals surface area contributed by atoms with Crippen molar-refractivity contribution in [1.29, 1.82) is 0 Å². The number of phenolic OH excluding ortho intramolecular Hbond substituents is 4. The molecule has 0 radical (unpaired) electrons. The molecular weight excluding hydrogens is 288 g/mol. The van der Waals surface area contributed by atoms with Crippen LogP contribution in [0.4, 0.5) is 0 Å². The molecule has 11 heteroatoms. The quantitative estimate of drug-likeness (QED) is 0.278. The minimum atomic E-state index is -2.92. The molecule has 0 aliphatic rings. The molecule has 0 fully saturated rings. The van der Waals surface area contributed by atoms with E-state index in [0.717, 1.165) is 0 Å². The number of aromatic hydroxyl groups is 4. The number of benzene rings is 2. The van der Waals surface area contributed by atoms with E-state index < -0.39 is 7.32 Å². The van der Waals surface area contributed by atoms with Gasteiger partial charge in [0.25, 0.3) is 0 Å². The van der Waals surface area contributed by atoms with Gasteiger partial charge in [-0.15, -0.1) is 0 Å². The summed E-state index contributed by atoms with van der Waals surface area (Å²) >= 11 is 0. The molecule has 4 N–H and O–H groups in total. The molecule has 2 aromatic carbocycles. The topological polar surface area (TPSA) is 150 Å². The van der Waals surface area contributed by atoms with Crippen LogP contribution in [0.3, 0.4) is 0 Å². The molecule has 2 aromatic rings. The first-order valence-corrected chi connectivity index (χ1v) is 5.26. The maximum atomic E-state index is 8.67. The van der Waals surface area contributed by atoms with Crippen molar-refractivity contribution in [2.75, 3.05) is 0 Å². The van der Waals surface area contributed by atoms with Gasteiger partial charge in [0, 0.05) is 0 Å². The Kier molecular flexibility index (Phi) is 23.3. The van der Waals surface area contributed by atoms with Gasteiger partial charge in [0.1, 0.15) is 0 Å². The Morgan fingerprint density at radius 1 is 0.522 bits per heavy atom. The van der Waals surface area contributed by atoms with Gasteiger partial charge in [-0.1, -0.05) is 24.3 Å². The number of hydrogen-bond acceptors (Lipinski definition) is 7. The number of hydrogen-bond donors (Lipinski definition) is 4. The Labute approximate surface area is 170 Å². The molecule has 0 amide bonds. The molecule has 0 saturated carbocycles. The van der Waals surface area contributed by atoms with E-state index in [9.17, 15) is 0 Å². The zero-order valence-corrected chi connectivity index (χ0v) is 13.2. The maximum absolute atomic E-state index is 8.67. The summed E-state index contributed by atoms with van der Waals surface area (Å²) in [6.07, 6.45) is 0. The monoisotopic (exact) mass is 300 g/mol. The number of rotatable bonds is 0. The first-order chi connectivity index (χ1) is 9.34. The molecule has 0 aliphatic carbocycles. The van der Waals surface area contributed by atoms with E-state index in [0.29, 0.717) is 0 Å². The SMILES string of the molecule is Oc1ccccc1O.Oc1ccccc1O.[Li+].[Li+].[Li+].[O-]B([O-])[O-].